The summed E-state index contributed by atoms with van der Waals surface area (Å²) in [6.07, 6.45) is 6.15. The topological polar surface area (TPSA) is 58.4 Å². The number of hydrogen-bond acceptors (Lipinski definition) is 4. The number of aryl methyl sites for hydroxylation is 1. The molecule has 0 aliphatic carbocycles. The van der Waals surface area contributed by atoms with Crippen LogP contribution in [0.25, 0.3) is 5.65 Å². The first-order valence-electron chi connectivity index (χ1n) is 8.15. The van der Waals surface area contributed by atoms with Crippen LogP contribution in [0.3, 0.4) is 0 Å². The van der Waals surface area contributed by atoms with Crippen molar-refractivity contribution < 1.29 is 4.79 Å². The minimum Gasteiger partial charge on any atom is -0.353 e. The number of halogens is 2. The van der Waals surface area contributed by atoms with Crippen molar-refractivity contribution in [2.24, 2.45) is 0 Å². The lowest BCUT2D eigenvalue weighted by Gasteiger charge is -2.28. The van der Waals surface area contributed by atoms with Crippen LogP contribution in [-0.2, 0) is 10.5 Å². The molecule has 3 rings (SSSR count). The maximum absolute atomic E-state index is 12.0. The zero-order valence-corrected chi connectivity index (χ0v) is 17.0. The molecule has 0 saturated carbocycles. The maximum Gasteiger partial charge on any atom is 0.230 e. The summed E-state index contributed by atoms with van der Waals surface area (Å²) in [5.41, 5.74) is 3.19. The predicted octanol–water partition coefficient (Wildman–Crippen LogP) is 2.98. The van der Waals surface area contributed by atoms with Gasteiger partial charge in [0.2, 0.25) is 5.91 Å². The number of carbonyl (C=O) groups excluding carboxylic acids is 1. The lowest BCUT2D eigenvalue weighted by molar-refractivity contribution is -0.119. The van der Waals surface area contributed by atoms with E-state index in [2.05, 4.69) is 41.7 Å². The molecule has 2 N–H and O–H groups in total. The summed E-state index contributed by atoms with van der Waals surface area (Å²) in [5, 5.41) is 6.54. The van der Waals surface area contributed by atoms with E-state index >= 15 is 0 Å². The molecule has 0 spiro atoms. The number of hydrogen-bond donors (Lipinski definition) is 2. The Balaban J connectivity index is 0.00000156. The molecule has 5 nitrogen and oxygen atoms in total. The smallest absolute Gasteiger partial charge is 0.230 e. The van der Waals surface area contributed by atoms with Crippen molar-refractivity contribution >= 4 is 48.1 Å². The second kappa shape index (κ2) is 10.3. The van der Waals surface area contributed by atoms with Crippen LogP contribution in [-0.4, -0.2) is 39.7 Å². The average Bonchev–Trinajstić information content (AvgIpc) is 2.89. The summed E-state index contributed by atoms with van der Waals surface area (Å²) in [6.45, 7) is 5.22. The van der Waals surface area contributed by atoms with Gasteiger partial charge < -0.3 is 15.0 Å². The number of imidazole rings is 1. The molecule has 2 aromatic rings. The summed E-state index contributed by atoms with van der Waals surface area (Å²) in [5.74, 6) is 1.39. The van der Waals surface area contributed by atoms with Gasteiger partial charge in [-0.3, -0.25) is 4.79 Å². The van der Waals surface area contributed by atoms with Gasteiger partial charge in [-0.25, -0.2) is 4.98 Å². The Morgan fingerprint density at radius 2 is 2.20 bits per heavy atom. The number of thioether (sulfide) groups is 1. The number of amides is 1. The van der Waals surface area contributed by atoms with Crippen molar-refractivity contribution in [3.63, 3.8) is 0 Å². The fourth-order valence-electron chi connectivity index (χ4n) is 3.01. The van der Waals surface area contributed by atoms with Gasteiger partial charge in [-0.2, -0.15) is 0 Å². The normalized spacial score (nSPS) is 19.8. The Kier molecular flexibility index (Phi) is 9.07. The molecule has 1 amide bonds. The Bertz CT molecular complexity index is 694. The summed E-state index contributed by atoms with van der Waals surface area (Å²) in [7, 11) is 0. The molecule has 8 heteroatoms. The number of rotatable bonds is 5. The minimum absolute atomic E-state index is 0. The summed E-state index contributed by atoms with van der Waals surface area (Å²) >= 11 is 1.62. The molecule has 2 atom stereocenters. The molecule has 1 fully saturated rings. The SMILES string of the molecule is Cc1ccc2nc(CSCC(=O)NC3CCNC(C)C3)cn2c1.Cl.Cl. The standard InChI is InChI=1S/C17H24N4OS.2ClH/c1-12-3-4-16-19-15(9-21(16)8-12)10-23-11-17(22)20-14-5-6-18-13(2)7-14;;/h3-4,8-9,13-14,18H,5-7,10-11H2,1-2H3,(H,20,22);2*1H. The van der Waals surface area contributed by atoms with E-state index in [1.165, 1.54) is 5.56 Å². The lowest BCUT2D eigenvalue weighted by Crippen LogP contribution is -2.47. The Morgan fingerprint density at radius 1 is 1.40 bits per heavy atom. The number of nitrogens with zero attached hydrogens (tertiary/aromatic N) is 2. The zero-order chi connectivity index (χ0) is 16.2. The van der Waals surface area contributed by atoms with Crippen LogP contribution in [0.15, 0.2) is 24.5 Å². The molecule has 140 valence electrons. The van der Waals surface area contributed by atoms with Crippen molar-refractivity contribution in [2.45, 2.75) is 44.5 Å². The number of fused-ring (bicyclic) bond motifs is 1. The molecule has 0 aromatic carbocycles. The van der Waals surface area contributed by atoms with E-state index in [4.69, 9.17) is 0 Å². The summed E-state index contributed by atoms with van der Waals surface area (Å²) in [4.78, 5) is 16.6. The van der Waals surface area contributed by atoms with Crippen LogP contribution < -0.4 is 10.6 Å². The van der Waals surface area contributed by atoms with E-state index < -0.39 is 0 Å². The highest BCUT2D eigenvalue weighted by molar-refractivity contribution is 7.99. The Hall–Kier alpha value is -0.950. The molecule has 3 heterocycles. The molecule has 0 radical (unpaired) electrons. The van der Waals surface area contributed by atoms with Gasteiger partial charge in [0.1, 0.15) is 5.65 Å². The molecular formula is C17H26Cl2N4OS. The largest absolute Gasteiger partial charge is 0.353 e. The second-order valence-corrected chi connectivity index (χ2v) is 7.33. The average molecular weight is 405 g/mol. The Morgan fingerprint density at radius 3 is 2.96 bits per heavy atom. The van der Waals surface area contributed by atoms with E-state index in [0.29, 0.717) is 17.8 Å². The van der Waals surface area contributed by atoms with Crippen molar-refractivity contribution in [1.29, 1.82) is 0 Å². The van der Waals surface area contributed by atoms with Crippen LogP contribution in [0.2, 0.25) is 0 Å². The fraction of sp³-hybridized carbons (Fsp3) is 0.529. The monoisotopic (exact) mass is 404 g/mol. The third-order valence-electron chi connectivity index (χ3n) is 4.12. The van der Waals surface area contributed by atoms with Crippen LogP contribution in [0.5, 0.6) is 0 Å². The van der Waals surface area contributed by atoms with Gasteiger partial charge in [0.15, 0.2) is 0 Å². The third-order valence-corrected chi connectivity index (χ3v) is 5.09. The van der Waals surface area contributed by atoms with E-state index in [1.54, 1.807) is 11.8 Å². The minimum atomic E-state index is 0. The number of aromatic nitrogens is 2. The molecule has 1 saturated heterocycles. The van der Waals surface area contributed by atoms with Crippen LogP contribution >= 0.6 is 36.6 Å². The van der Waals surface area contributed by atoms with E-state index in [0.717, 1.165) is 36.5 Å². The van der Waals surface area contributed by atoms with E-state index in [9.17, 15) is 4.79 Å². The first kappa shape index (κ1) is 22.1. The number of pyridine rings is 1. The summed E-state index contributed by atoms with van der Waals surface area (Å²) in [6, 6.07) is 4.89. The zero-order valence-electron chi connectivity index (χ0n) is 14.5. The Labute approximate surface area is 165 Å². The van der Waals surface area contributed by atoms with Crippen LogP contribution in [0.1, 0.15) is 31.0 Å². The van der Waals surface area contributed by atoms with E-state index in [1.807, 2.05) is 16.7 Å². The van der Waals surface area contributed by atoms with Gasteiger partial charge in [-0.1, -0.05) is 6.07 Å². The third kappa shape index (κ3) is 6.37. The lowest BCUT2D eigenvalue weighted by atomic mass is 10.0. The molecule has 1 aliphatic rings. The fourth-order valence-corrected chi connectivity index (χ4v) is 3.72. The predicted molar refractivity (Wildman–Crippen MR) is 109 cm³/mol. The first-order chi connectivity index (χ1) is 11.1. The van der Waals surface area contributed by atoms with Gasteiger partial charge in [-0.05, 0) is 44.9 Å². The quantitative estimate of drug-likeness (QED) is 0.803. The maximum atomic E-state index is 12.0. The second-order valence-electron chi connectivity index (χ2n) is 6.34. The van der Waals surface area contributed by atoms with Gasteiger partial charge in [0.05, 0.1) is 11.4 Å². The van der Waals surface area contributed by atoms with Crippen molar-refractivity contribution in [2.75, 3.05) is 12.3 Å². The summed E-state index contributed by atoms with van der Waals surface area (Å²) < 4.78 is 2.04. The van der Waals surface area contributed by atoms with Crippen LogP contribution in [0, 0.1) is 6.92 Å². The van der Waals surface area contributed by atoms with E-state index in [-0.39, 0.29) is 30.7 Å². The highest BCUT2D eigenvalue weighted by Crippen LogP contribution is 2.14. The molecular weight excluding hydrogens is 379 g/mol. The van der Waals surface area contributed by atoms with Crippen molar-refractivity contribution in [1.82, 2.24) is 20.0 Å². The first-order valence-corrected chi connectivity index (χ1v) is 9.30. The van der Waals surface area contributed by atoms with Crippen LogP contribution in [0.4, 0.5) is 0 Å². The van der Waals surface area contributed by atoms with Gasteiger partial charge >= 0.3 is 0 Å². The van der Waals surface area contributed by atoms with Gasteiger partial charge in [0, 0.05) is 30.2 Å². The number of nitrogens with one attached hydrogen (secondary N) is 2. The highest BCUT2D eigenvalue weighted by Gasteiger charge is 2.19. The molecule has 0 bridgehead atoms. The molecule has 1 aliphatic heterocycles. The van der Waals surface area contributed by atoms with Crippen molar-refractivity contribution in [3.8, 4) is 0 Å². The molecule has 2 unspecified atom stereocenters. The highest BCUT2D eigenvalue weighted by atomic mass is 35.5. The molecule has 2 aromatic heterocycles. The van der Waals surface area contributed by atoms with Gasteiger partial charge in [0.25, 0.3) is 0 Å². The number of carbonyl (C=O) groups is 1. The van der Waals surface area contributed by atoms with Crippen molar-refractivity contribution in [3.05, 3.63) is 35.8 Å². The number of piperidine rings is 1. The van der Waals surface area contributed by atoms with Gasteiger partial charge in [-0.15, -0.1) is 36.6 Å². The molecule has 25 heavy (non-hydrogen) atoms.